The van der Waals surface area contributed by atoms with Crippen LogP contribution in [0.25, 0.3) is 11.1 Å². The van der Waals surface area contributed by atoms with Gasteiger partial charge in [-0.25, -0.2) is 0 Å². The quantitative estimate of drug-likeness (QED) is 0.579. The minimum Gasteiger partial charge on any atom is -0.392 e. The molecule has 4 rings (SSSR count). The zero-order chi connectivity index (χ0) is 18.1. The predicted molar refractivity (Wildman–Crippen MR) is 108 cm³/mol. The zero-order valence-corrected chi connectivity index (χ0v) is 15.7. The van der Waals surface area contributed by atoms with Crippen molar-refractivity contribution in [3.8, 4) is 11.1 Å². The van der Waals surface area contributed by atoms with Gasteiger partial charge < -0.3 is 4.84 Å². The van der Waals surface area contributed by atoms with Crippen LogP contribution in [0.4, 0.5) is 0 Å². The summed E-state index contributed by atoms with van der Waals surface area (Å²) >= 11 is 0. The standard InChI is InChI=1S/C24H27NO/c1-4-17(2)15-22-16-23(25-26-22)20-7-5-18(6-8-20)19-9-11-21(12-10-19)24(3)13-14-24/h4-12,17,22H,1,13-16H2,2-3H3. The Morgan fingerprint density at radius 3 is 2.23 bits per heavy atom. The molecule has 2 atom stereocenters. The molecule has 2 aliphatic rings. The first-order valence-electron chi connectivity index (χ1n) is 9.64. The van der Waals surface area contributed by atoms with Gasteiger partial charge in [-0.1, -0.05) is 73.6 Å². The zero-order valence-electron chi connectivity index (χ0n) is 15.7. The van der Waals surface area contributed by atoms with Crippen LogP contribution in [-0.4, -0.2) is 11.8 Å². The number of hydrogen-bond acceptors (Lipinski definition) is 2. The molecule has 26 heavy (non-hydrogen) atoms. The van der Waals surface area contributed by atoms with Crippen molar-refractivity contribution in [2.24, 2.45) is 11.1 Å². The molecule has 0 bridgehead atoms. The Labute approximate surface area is 156 Å². The van der Waals surface area contributed by atoms with Crippen LogP contribution in [-0.2, 0) is 10.3 Å². The van der Waals surface area contributed by atoms with E-state index in [-0.39, 0.29) is 6.10 Å². The van der Waals surface area contributed by atoms with E-state index in [1.165, 1.54) is 29.5 Å². The van der Waals surface area contributed by atoms with Gasteiger partial charge in [0.15, 0.2) is 0 Å². The number of allylic oxidation sites excluding steroid dienone is 1. The van der Waals surface area contributed by atoms with Crippen LogP contribution >= 0.6 is 0 Å². The summed E-state index contributed by atoms with van der Waals surface area (Å²) in [5.41, 5.74) is 6.63. The van der Waals surface area contributed by atoms with E-state index < -0.39 is 0 Å². The summed E-state index contributed by atoms with van der Waals surface area (Å²) in [6.45, 7) is 8.36. The van der Waals surface area contributed by atoms with E-state index in [1.807, 2.05) is 6.08 Å². The highest BCUT2D eigenvalue weighted by Gasteiger charge is 2.38. The SMILES string of the molecule is C=CC(C)CC1CC(c2ccc(-c3ccc(C4(C)CC4)cc3)cc2)=NO1. The van der Waals surface area contributed by atoms with Crippen LogP contribution in [0.1, 0.15) is 50.7 Å². The van der Waals surface area contributed by atoms with E-state index in [0.29, 0.717) is 11.3 Å². The maximum absolute atomic E-state index is 5.60. The highest BCUT2D eigenvalue weighted by molar-refractivity contribution is 6.01. The summed E-state index contributed by atoms with van der Waals surface area (Å²) in [5, 5.41) is 4.31. The van der Waals surface area contributed by atoms with Crippen molar-refractivity contribution < 1.29 is 4.84 Å². The van der Waals surface area contributed by atoms with Gasteiger partial charge in [-0.2, -0.15) is 0 Å². The molecule has 2 aromatic rings. The Morgan fingerprint density at radius 2 is 1.65 bits per heavy atom. The van der Waals surface area contributed by atoms with Crippen LogP contribution in [0.3, 0.4) is 0 Å². The van der Waals surface area contributed by atoms with Gasteiger partial charge in [0, 0.05) is 6.42 Å². The number of rotatable bonds is 6. The Hall–Kier alpha value is -2.35. The van der Waals surface area contributed by atoms with Crippen LogP contribution < -0.4 is 0 Å². The maximum Gasteiger partial charge on any atom is 0.133 e. The minimum absolute atomic E-state index is 0.175. The lowest BCUT2D eigenvalue weighted by Gasteiger charge is -2.11. The van der Waals surface area contributed by atoms with Crippen molar-refractivity contribution in [3.63, 3.8) is 0 Å². The second-order valence-electron chi connectivity index (χ2n) is 8.13. The second-order valence-corrected chi connectivity index (χ2v) is 8.13. The normalized spacial score (nSPS) is 21.6. The minimum atomic E-state index is 0.175. The molecule has 2 heteroatoms. The van der Waals surface area contributed by atoms with Crippen LogP contribution in [0.2, 0.25) is 0 Å². The molecule has 2 unspecified atom stereocenters. The first kappa shape index (κ1) is 17.1. The predicted octanol–water partition coefficient (Wildman–Crippen LogP) is 6.11. The van der Waals surface area contributed by atoms with Crippen LogP contribution in [0, 0.1) is 5.92 Å². The molecule has 1 fully saturated rings. The molecule has 0 saturated heterocycles. The average Bonchev–Trinajstić information content (AvgIpc) is 3.26. The van der Waals surface area contributed by atoms with Gasteiger partial charge in [0.25, 0.3) is 0 Å². The van der Waals surface area contributed by atoms with Gasteiger partial charge in [-0.15, -0.1) is 6.58 Å². The van der Waals surface area contributed by atoms with Gasteiger partial charge in [0.05, 0.1) is 5.71 Å². The van der Waals surface area contributed by atoms with E-state index in [0.717, 1.165) is 24.1 Å². The summed E-state index contributed by atoms with van der Waals surface area (Å²) in [6, 6.07) is 17.8. The van der Waals surface area contributed by atoms with E-state index in [4.69, 9.17) is 4.84 Å². The largest absolute Gasteiger partial charge is 0.392 e. The van der Waals surface area contributed by atoms with Gasteiger partial charge in [-0.3, -0.25) is 0 Å². The van der Waals surface area contributed by atoms with Crippen molar-refractivity contribution in [3.05, 3.63) is 72.3 Å². The highest BCUT2D eigenvalue weighted by atomic mass is 16.6. The van der Waals surface area contributed by atoms with Crippen molar-refractivity contribution in [2.45, 2.75) is 51.0 Å². The molecular formula is C24H27NO. The Kier molecular flexibility index (Phi) is 4.44. The molecule has 0 amide bonds. The molecule has 1 aliphatic carbocycles. The van der Waals surface area contributed by atoms with E-state index in [2.05, 4.69) is 74.1 Å². The van der Waals surface area contributed by atoms with Crippen molar-refractivity contribution in [1.29, 1.82) is 0 Å². The Bertz CT molecular complexity index is 812. The monoisotopic (exact) mass is 345 g/mol. The molecule has 2 aromatic carbocycles. The fraction of sp³-hybridized carbons (Fsp3) is 0.375. The first-order chi connectivity index (χ1) is 12.6. The lowest BCUT2D eigenvalue weighted by Crippen LogP contribution is -2.11. The van der Waals surface area contributed by atoms with Crippen LogP contribution in [0.5, 0.6) is 0 Å². The van der Waals surface area contributed by atoms with Gasteiger partial charge in [-0.05, 0) is 52.8 Å². The van der Waals surface area contributed by atoms with Crippen molar-refractivity contribution in [2.75, 3.05) is 0 Å². The summed E-state index contributed by atoms with van der Waals surface area (Å²) in [6.07, 6.45) is 6.64. The number of oxime groups is 1. The summed E-state index contributed by atoms with van der Waals surface area (Å²) < 4.78 is 0. The summed E-state index contributed by atoms with van der Waals surface area (Å²) in [5.74, 6) is 0.456. The third-order valence-corrected chi connectivity index (χ3v) is 5.90. The number of nitrogens with zero attached hydrogens (tertiary/aromatic N) is 1. The van der Waals surface area contributed by atoms with Crippen molar-refractivity contribution in [1.82, 2.24) is 0 Å². The average molecular weight is 345 g/mol. The van der Waals surface area contributed by atoms with E-state index >= 15 is 0 Å². The number of hydrogen-bond donors (Lipinski definition) is 0. The highest BCUT2D eigenvalue weighted by Crippen LogP contribution is 2.47. The smallest absolute Gasteiger partial charge is 0.133 e. The van der Waals surface area contributed by atoms with Gasteiger partial charge in [0.2, 0.25) is 0 Å². The third kappa shape index (κ3) is 3.46. The van der Waals surface area contributed by atoms with Crippen molar-refractivity contribution >= 4 is 5.71 Å². The molecule has 1 aliphatic heterocycles. The van der Waals surface area contributed by atoms with E-state index in [9.17, 15) is 0 Å². The Morgan fingerprint density at radius 1 is 1.08 bits per heavy atom. The maximum atomic E-state index is 5.60. The first-order valence-corrected chi connectivity index (χ1v) is 9.64. The topological polar surface area (TPSA) is 21.6 Å². The van der Waals surface area contributed by atoms with Gasteiger partial charge >= 0.3 is 0 Å². The molecule has 2 nitrogen and oxygen atoms in total. The fourth-order valence-electron chi connectivity index (χ4n) is 3.63. The number of benzene rings is 2. The summed E-state index contributed by atoms with van der Waals surface area (Å²) in [4.78, 5) is 5.60. The lowest BCUT2D eigenvalue weighted by atomic mass is 9.94. The molecule has 0 spiro atoms. The molecule has 0 aromatic heterocycles. The van der Waals surface area contributed by atoms with E-state index in [1.54, 1.807) is 0 Å². The van der Waals surface area contributed by atoms with Gasteiger partial charge in [0.1, 0.15) is 6.10 Å². The fourth-order valence-corrected chi connectivity index (χ4v) is 3.63. The third-order valence-electron chi connectivity index (χ3n) is 5.90. The Balaban J connectivity index is 1.43. The molecule has 1 heterocycles. The molecule has 0 N–H and O–H groups in total. The van der Waals surface area contributed by atoms with Crippen LogP contribution in [0.15, 0.2) is 66.3 Å². The lowest BCUT2D eigenvalue weighted by molar-refractivity contribution is 0.0723. The molecular weight excluding hydrogens is 318 g/mol. The summed E-state index contributed by atoms with van der Waals surface area (Å²) in [7, 11) is 0. The molecule has 0 radical (unpaired) electrons. The molecule has 1 saturated carbocycles. The molecule has 134 valence electrons. The second kappa shape index (κ2) is 6.75.